The number of rotatable bonds is 8. The van der Waals surface area contributed by atoms with Crippen LogP contribution in [-0.2, 0) is 22.2 Å². The molecule has 0 fully saturated rings. The summed E-state index contributed by atoms with van der Waals surface area (Å²) in [6.07, 6.45) is -4.31. The normalized spacial score (nSPS) is 12.0. The molecule has 30 heavy (non-hydrogen) atoms. The zero-order chi connectivity index (χ0) is 22.1. The lowest BCUT2D eigenvalue weighted by molar-refractivity contribution is -0.881. The third-order valence-corrected chi connectivity index (χ3v) is 4.35. The van der Waals surface area contributed by atoms with Crippen molar-refractivity contribution in [1.82, 2.24) is 0 Å². The van der Waals surface area contributed by atoms with Crippen molar-refractivity contribution >= 4 is 23.2 Å². The molecular formula is C21H22F3N4O2+. The van der Waals surface area contributed by atoms with Crippen LogP contribution in [0.15, 0.2) is 48.5 Å². The summed E-state index contributed by atoms with van der Waals surface area (Å²) in [7, 11) is 0. The number of para-hydroxylation sites is 1. The van der Waals surface area contributed by atoms with Crippen molar-refractivity contribution in [3.05, 3.63) is 59.7 Å². The van der Waals surface area contributed by atoms with Crippen LogP contribution < -0.4 is 15.5 Å². The topological polar surface area (TPSA) is 86.4 Å². The van der Waals surface area contributed by atoms with E-state index in [2.05, 4.69) is 10.6 Å². The maximum atomic E-state index is 13.0. The fourth-order valence-corrected chi connectivity index (χ4v) is 2.80. The predicted octanol–water partition coefficient (Wildman–Crippen LogP) is 2.25. The molecule has 3 N–H and O–H groups in total. The zero-order valence-electron chi connectivity index (χ0n) is 16.3. The van der Waals surface area contributed by atoms with E-state index in [4.69, 9.17) is 5.26 Å². The van der Waals surface area contributed by atoms with Gasteiger partial charge in [0.2, 0.25) is 0 Å². The van der Waals surface area contributed by atoms with Crippen molar-refractivity contribution in [2.24, 2.45) is 0 Å². The largest absolute Gasteiger partial charge is 0.418 e. The van der Waals surface area contributed by atoms with Crippen LogP contribution in [0.2, 0.25) is 0 Å². The van der Waals surface area contributed by atoms with Crippen LogP contribution in [0, 0.1) is 11.3 Å². The summed E-state index contributed by atoms with van der Waals surface area (Å²) in [6, 6.07) is 13.6. The Bertz CT molecular complexity index is 921. The van der Waals surface area contributed by atoms with Gasteiger partial charge in [0, 0.05) is 5.69 Å². The van der Waals surface area contributed by atoms with Crippen LogP contribution >= 0.6 is 0 Å². The molecule has 0 aliphatic carbocycles. The number of benzene rings is 2. The molecular weight excluding hydrogens is 397 g/mol. The van der Waals surface area contributed by atoms with Gasteiger partial charge in [0.05, 0.1) is 30.3 Å². The second-order valence-electron chi connectivity index (χ2n) is 6.63. The van der Waals surface area contributed by atoms with E-state index in [1.165, 1.54) is 18.2 Å². The Kier molecular flexibility index (Phi) is 7.95. The molecule has 9 heteroatoms. The van der Waals surface area contributed by atoms with Gasteiger partial charge < -0.3 is 15.5 Å². The summed E-state index contributed by atoms with van der Waals surface area (Å²) >= 11 is 0. The van der Waals surface area contributed by atoms with Crippen molar-refractivity contribution in [2.75, 3.05) is 30.3 Å². The van der Waals surface area contributed by atoms with Gasteiger partial charge in [0.15, 0.2) is 13.1 Å². The zero-order valence-corrected chi connectivity index (χ0v) is 16.3. The van der Waals surface area contributed by atoms with E-state index in [0.717, 1.165) is 11.6 Å². The minimum atomic E-state index is -4.58. The van der Waals surface area contributed by atoms with E-state index >= 15 is 0 Å². The second-order valence-corrected chi connectivity index (χ2v) is 6.63. The molecule has 158 valence electrons. The molecule has 1 unspecified atom stereocenters. The quantitative estimate of drug-likeness (QED) is 0.614. The molecule has 0 saturated heterocycles. The Balaban J connectivity index is 1.93. The highest BCUT2D eigenvalue weighted by molar-refractivity contribution is 5.93. The number of halogens is 3. The molecule has 0 heterocycles. The number of nitriles is 1. The average molecular weight is 419 g/mol. The van der Waals surface area contributed by atoms with E-state index in [1.54, 1.807) is 31.2 Å². The highest BCUT2D eigenvalue weighted by Crippen LogP contribution is 2.34. The first-order chi connectivity index (χ1) is 14.2. The summed E-state index contributed by atoms with van der Waals surface area (Å²) in [4.78, 5) is 25.1. The number of carbonyl (C=O) groups is 2. The lowest BCUT2D eigenvalue weighted by Gasteiger charge is -2.18. The van der Waals surface area contributed by atoms with Crippen molar-refractivity contribution in [1.29, 1.82) is 5.26 Å². The molecule has 0 spiro atoms. The fourth-order valence-electron chi connectivity index (χ4n) is 2.80. The molecule has 2 aromatic rings. The first kappa shape index (κ1) is 22.9. The average Bonchev–Trinajstić information content (AvgIpc) is 2.68. The van der Waals surface area contributed by atoms with Crippen LogP contribution in [0.1, 0.15) is 18.1 Å². The number of nitrogens with one attached hydrogen (secondary N) is 3. The number of anilines is 2. The number of nitrogens with zero attached hydrogens (tertiary/aromatic N) is 1. The molecule has 0 aromatic heterocycles. The smallest absolute Gasteiger partial charge is 0.321 e. The Morgan fingerprint density at radius 1 is 1.00 bits per heavy atom. The number of quaternary nitrogens is 1. The number of hydrogen-bond donors (Lipinski definition) is 3. The molecule has 0 bridgehead atoms. The van der Waals surface area contributed by atoms with E-state index in [9.17, 15) is 22.8 Å². The molecule has 1 atom stereocenters. The second kappa shape index (κ2) is 10.4. The van der Waals surface area contributed by atoms with E-state index in [-0.39, 0.29) is 31.1 Å². The van der Waals surface area contributed by atoms with Gasteiger partial charge in [-0.3, -0.25) is 9.59 Å². The standard InChI is InChI=1S/C21H21F3N4O2/c1-2-28(13-19(29)26-16-9-7-15(8-10-16)11-12-25)14-20(30)27-18-6-4-3-5-17(18)21(22,23)24/h3-10H,2,11,13-14H2,1H3,(H,26,29)(H,27,30)/p+1. The minimum absolute atomic E-state index is 0.0230. The lowest BCUT2D eigenvalue weighted by atomic mass is 10.1. The summed E-state index contributed by atoms with van der Waals surface area (Å²) in [5, 5.41) is 13.7. The van der Waals surface area contributed by atoms with Gasteiger partial charge in [-0.15, -0.1) is 0 Å². The van der Waals surface area contributed by atoms with Gasteiger partial charge in [-0.05, 0) is 36.8 Å². The number of likely N-dealkylation sites (N-methyl/N-ethyl adjacent to an activating group) is 1. The Labute approximate surface area is 172 Å². The Morgan fingerprint density at radius 3 is 2.17 bits per heavy atom. The maximum absolute atomic E-state index is 13.0. The van der Waals surface area contributed by atoms with Gasteiger partial charge in [-0.25, -0.2) is 0 Å². The van der Waals surface area contributed by atoms with Crippen LogP contribution in [0.4, 0.5) is 24.5 Å². The third-order valence-electron chi connectivity index (χ3n) is 4.35. The molecule has 0 radical (unpaired) electrons. The van der Waals surface area contributed by atoms with Crippen LogP contribution in [-0.4, -0.2) is 31.4 Å². The summed E-state index contributed by atoms with van der Waals surface area (Å²) < 4.78 is 39.1. The van der Waals surface area contributed by atoms with Gasteiger partial charge in [0.25, 0.3) is 11.8 Å². The Morgan fingerprint density at radius 2 is 1.60 bits per heavy atom. The summed E-state index contributed by atoms with van der Waals surface area (Å²) in [5.74, 6) is -0.944. The molecule has 0 aliphatic rings. The monoisotopic (exact) mass is 419 g/mol. The summed E-state index contributed by atoms with van der Waals surface area (Å²) in [6.45, 7) is 2.03. The van der Waals surface area contributed by atoms with Gasteiger partial charge in [0.1, 0.15) is 0 Å². The SMILES string of the molecule is CC[NH+](CC(=O)Nc1ccc(CC#N)cc1)CC(=O)Nc1ccccc1C(F)(F)F. The molecule has 0 aliphatic heterocycles. The minimum Gasteiger partial charge on any atom is -0.321 e. The summed E-state index contributed by atoms with van der Waals surface area (Å²) in [5.41, 5.74) is 0.147. The third kappa shape index (κ3) is 6.90. The maximum Gasteiger partial charge on any atom is 0.418 e. The molecule has 2 rings (SSSR count). The number of alkyl halides is 3. The Hall–Kier alpha value is -3.38. The van der Waals surface area contributed by atoms with Crippen LogP contribution in [0.25, 0.3) is 0 Å². The van der Waals surface area contributed by atoms with Crippen LogP contribution in [0.5, 0.6) is 0 Å². The predicted molar refractivity (Wildman–Crippen MR) is 106 cm³/mol. The first-order valence-corrected chi connectivity index (χ1v) is 9.28. The van der Waals surface area contributed by atoms with Gasteiger partial charge in [-0.1, -0.05) is 24.3 Å². The van der Waals surface area contributed by atoms with Crippen molar-refractivity contribution < 1.29 is 27.7 Å². The fraction of sp³-hybridized carbons (Fsp3) is 0.286. The molecule has 2 amide bonds. The van der Waals surface area contributed by atoms with Crippen molar-refractivity contribution in [3.63, 3.8) is 0 Å². The van der Waals surface area contributed by atoms with Crippen molar-refractivity contribution in [3.8, 4) is 6.07 Å². The van der Waals surface area contributed by atoms with E-state index in [0.29, 0.717) is 17.1 Å². The van der Waals surface area contributed by atoms with Gasteiger partial charge >= 0.3 is 6.18 Å². The first-order valence-electron chi connectivity index (χ1n) is 9.28. The van der Waals surface area contributed by atoms with Crippen LogP contribution in [0.3, 0.4) is 0 Å². The van der Waals surface area contributed by atoms with E-state index < -0.39 is 17.6 Å². The number of carbonyl (C=O) groups excluding carboxylic acids is 2. The van der Waals surface area contributed by atoms with Gasteiger partial charge in [-0.2, -0.15) is 18.4 Å². The number of amides is 2. The van der Waals surface area contributed by atoms with E-state index in [1.807, 2.05) is 6.07 Å². The molecule has 0 saturated carbocycles. The highest BCUT2D eigenvalue weighted by atomic mass is 19.4. The molecule has 2 aromatic carbocycles. The lowest BCUT2D eigenvalue weighted by Crippen LogP contribution is -3.13. The van der Waals surface area contributed by atoms with Crippen molar-refractivity contribution in [2.45, 2.75) is 19.5 Å². The number of hydrogen-bond acceptors (Lipinski definition) is 3. The highest BCUT2D eigenvalue weighted by Gasteiger charge is 2.33. The molecule has 6 nitrogen and oxygen atoms in total.